The molecule has 1 aromatic rings. The number of carbonyl (C=O) groups is 1. The van der Waals surface area contributed by atoms with Gasteiger partial charge in [-0.2, -0.15) is 0 Å². The third-order valence-corrected chi connectivity index (χ3v) is 2.85. The molecule has 0 atom stereocenters. The van der Waals surface area contributed by atoms with Gasteiger partial charge in [0.25, 0.3) is 0 Å². The Balaban J connectivity index is 2.55. The fourth-order valence-corrected chi connectivity index (χ4v) is 1.79. The van der Waals surface area contributed by atoms with Crippen molar-refractivity contribution in [3.05, 3.63) is 28.1 Å². The number of hydrogen-bond acceptors (Lipinski definition) is 5. The van der Waals surface area contributed by atoms with Crippen molar-refractivity contribution in [1.29, 1.82) is 0 Å². The van der Waals surface area contributed by atoms with Gasteiger partial charge in [-0.05, 0) is 12.8 Å². The van der Waals surface area contributed by atoms with Crippen LogP contribution in [0.1, 0.15) is 25.7 Å². The predicted molar refractivity (Wildman–Crippen MR) is 74.2 cm³/mol. The molecular weight excluding hydrogens is 283 g/mol. The third kappa shape index (κ3) is 5.25. The molecule has 0 unspecified atom stereocenters. The van der Waals surface area contributed by atoms with E-state index in [9.17, 15) is 19.3 Å². The summed E-state index contributed by atoms with van der Waals surface area (Å²) in [6.45, 7) is 0.442. The van der Waals surface area contributed by atoms with Gasteiger partial charge in [-0.1, -0.05) is 6.42 Å². The number of unbranched alkanes of at least 4 members (excludes halogenated alkanes) is 2. The molecule has 21 heavy (non-hydrogen) atoms. The van der Waals surface area contributed by atoms with Crippen LogP contribution >= 0.6 is 0 Å². The van der Waals surface area contributed by atoms with Crippen molar-refractivity contribution in [2.24, 2.45) is 0 Å². The number of nitro benzene ring substituents is 1. The maximum absolute atomic E-state index is 13.7. The topological polar surface area (TPSA) is 102 Å². The smallest absolute Gasteiger partial charge is 0.313 e. The number of nitrogens with zero attached hydrogens (tertiary/aromatic N) is 1. The molecule has 0 saturated heterocycles. The van der Waals surface area contributed by atoms with Crippen molar-refractivity contribution >= 4 is 17.3 Å². The van der Waals surface area contributed by atoms with Crippen molar-refractivity contribution in [2.75, 3.05) is 19.0 Å². The Labute approximate surface area is 120 Å². The van der Waals surface area contributed by atoms with E-state index in [0.717, 1.165) is 6.07 Å². The Morgan fingerprint density at radius 3 is 2.71 bits per heavy atom. The lowest BCUT2D eigenvalue weighted by atomic mass is 10.2. The fraction of sp³-hybridized carbons (Fsp3) is 0.462. The molecule has 0 radical (unpaired) electrons. The lowest BCUT2D eigenvalue weighted by molar-refractivity contribution is -0.385. The van der Waals surface area contributed by atoms with E-state index in [0.29, 0.717) is 25.8 Å². The zero-order valence-corrected chi connectivity index (χ0v) is 11.6. The van der Waals surface area contributed by atoms with Crippen molar-refractivity contribution in [3.8, 4) is 5.75 Å². The van der Waals surface area contributed by atoms with Gasteiger partial charge in [0.05, 0.1) is 23.8 Å². The van der Waals surface area contributed by atoms with Crippen LogP contribution < -0.4 is 10.1 Å². The number of carboxylic acids is 1. The molecule has 1 aromatic carbocycles. The zero-order valence-electron chi connectivity index (χ0n) is 11.6. The minimum atomic E-state index is -0.839. The number of nitro groups is 1. The molecule has 116 valence electrons. The van der Waals surface area contributed by atoms with Crippen LogP contribution in [0.3, 0.4) is 0 Å². The first-order valence-electron chi connectivity index (χ1n) is 6.43. The number of carboxylic acid groups (broad SMARTS) is 1. The van der Waals surface area contributed by atoms with Gasteiger partial charge in [-0.25, -0.2) is 4.39 Å². The van der Waals surface area contributed by atoms with Crippen LogP contribution in [0.5, 0.6) is 5.75 Å². The summed E-state index contributed by atoms with van der Waals surface area (Å²) in [6.07, 6.45) is 2.04. The van der Waals surface area contributed by atoms with E-state index in [1.807, 2.05) is 0 Å². The second kappa shape index (κ2) is 8.03. The van der Waals surface area contributed by atoms with Gasteiger partial charge < -0.3 is 15.2 Å². The number of nitrogens with one attached hydrogen (secondary N) is 1. The molecule has 0 fully saturated rings. The standard InChI is InChI=1S/C13H17FN2O5/c1-21-12-8-10(9(14)7-11(12)16(19)20)15-6-4-2-3-5-13(17)18/h7-8,15H,2-6H2,1H3,(H,17,18). The first kappa shape index (κ1) is 16.7. The summed E-state index contributed by atoms with van der Waals surface area (Å²) < 4.78 is 18.6. The van der Waals surface area contributed by atoms with E-state index in [2.05, 4.69) is 5.32 Å². The normalized spacial score (nSPS) is 10.2. The van der Waals surface area contributed by atoms with Crippen LogP contribution in [0.15, 0.2) is 12.1 Å². The van der Waals surface area contributed by atoms with Crippen molar-refractivity contribution in [3.63, 3.8) is 0 Å². The monoisotopic (exact) mass is 300 g/mol. The molecule has 0 aromatic heterocycles. The van der Waals surface area contributed by atoms with Gasteiger partial charge in [-0.15, -0.1) is 0 Å². The highest BCUT2D eigenvalue weighted by Crippen LogP contribution is 2.32. The highest BCUT2D eigenvalue weighted by atomic mass is 19.1. The minimum absolute atomic E-state index is 0.0187. The van der Waals surface area contributed by atoms with Crippen LogP contribution in [0.4, 0.5) is 15.8 Å². The maximum atomic E-state index is 13.7. The van der Waals surface area contributed by atoms with Gasteiger partial charge in [0.15, 0.2) is 11.6 Å². The van der Waals surface area contributed by atoms with E-state index >= 15 is 0 Å². The molecular formula is C13H17FN2O5. The summed E-state index contributed by atoms with van der Waals surface area (Å²) in [6, 6.07) is 2.05. The van der Waals surface area contributed by atoms with E-state index < -0.39 is 22.4 Å². The van der Waals surface area contributed by atoms with E-state index in [4.69, 9.17) is 9.84 Å². The van der Waals surface area contributed by atoms with E-state index in [1.165, 1.54) is 13.2 Å². The molecule has 0 aliphatic carbocycles. The molecule has 0 aliphatic heterocycles. The van der Waals surface area contributed by atoms with E-state index in [-0.39, 0.29) is 17.9 Å². The van der Waals surface area contributed by atoms with Crippen LogP contribution in [-0.2, 0) is 4.79 Å². The average molecular weight is 300 g/mol. The maximum Gasteiger partial charge on any atom is 0.313 e. The first-order valence-corrected chi connectivity index (χ1v) is 6.43. The number of methoxy groups -OCH3 is 1. The van der Waals surface area contributed by atoms with Crippen molar-refractivity contribution in [1.82, 2.24) is 0 Å². The number of ether oxygens (including phenoxy) is 1. The van der Waals surface area contributed by atoms with Crippen molar-refractivity contribution < 1.29 is 24.0 Å². The summed E-state index contributed by atoms with van der Waals surface area (Å²) >= 11 is 0. The largest absolute Gasteiger partial charge is 0.490 e. The molecule has 0 bridgehead atoms. The Morgan fingerprint density at radius 1 is 1.43 bits per heavy atom. The lowest BCUT2D eigenvalue weighted by Crippen LogP contribution is -2.05. The average Bonchev–Trinajstić information content (AvgIpc) is 2.43. The van der Waals surface area contributed by atoms with Crippen molar-refractivity contribution in [2.45, 2.75) is 25.7 Å². The Bertz CT molecular complexity index is 522. The number of benzene rings is 1. The highest BCUT2D eigenvalue weighted by Gasteiger charge is 2.18. The number of hydrogen-bond donors (Lipinski definition) is 2. The molecule has 1 rings (SSSR count). The Hall–Kier alpha value is -2.38. The van der Waals surface area contributed by atoms with Crippen LogP contribution in [0.2, 0.25) is 0 Å². The number of rotatable bonds is 9. The fourth-order valence-electron chi connectivity index (χ4n) is 1.79. The molecule has 0 heterocycles. The first-order chi connectivity index (χ1) is 9.95. The number of halogens is 1. The van der Waals surface area contributed by atoms with Gasteiger partial charge in [0.2, 0.25) is 0 Å². The van der Waals surface area contributed by atoms with Gasteiger partial charge in [0, 0.05) is 19.0 Å². The predicted octanol–water partition coefficient (Wildman–Crippen LogP) is 2.80. The Kier molecular flexibility index (Phi) is 6.38. The number of aliphatic carboxylic acids is 1. The minimum Gasteiger partial charge on any atom is -0.490 e. The molecule has 0 aliphatic rings. The molecule has 7 nitrogen and oxygen atoms in total. The SMILES string of the molecule is COc1cc(NCCCCCC(=O)O)c(F)cc1[N+](=O)[O-]. The molecule has 0 amide bonds. The number of anilines is 1. The second-order valence-corrected chi connectivity index (χ2v) is 4.39. The summed E-state index contributed by atoms with van der Waals surface area (Å²) in [5.74, 6) is -1.59. The second-order valence-electron chi connectivity index (χ2n) is 4.39. The molecule has 0 spiro atoms. The summed E-state index contributed by atoms with van der Waals surface area (Å²) in [5.41, 5.74) is -0.308. The lowest BCUT2D eigenvalue weighted by Gasteiger charge is -2.09. The zero-order chi connectivity index (χ0) is 15.8. The van der Waals surface area contributed by atoms with Crippen LogP contribution in [0, 0.1) is 15.9 Å². The Morgan fingerprint density at radius 2 is 2.14 bits per heavy atom. The summed E-state index contributed by atoms with van der Waals surface area (Å²) in [7, 11) is 1.27. The van der Waals surface area contributed by atoms with Gasteiger partial charge in [-0.3, -0.25) is 14.9 Å². The highest BCUT2D eigenvalue weighted by molar-refractivity contribution is 5.66. The summed E-state index contributed by atoms with van der Waals surface area (Å²) in [5, 5.41) is 22.0. The third-order valence-electron chi connectivity index (χ3n) is 2.85. The van der Waals surface area contributed by atoms with Gasteiger partial charge in [0.1, 0.15) is 0 Å². The van der Waals surface area contributed by atoms with E-state index in [1.54, 1.807) is 0 Å². The van der Waals surface area contributed by atoms with Crippen LogP contribution in [-0.4, -0.2) is 29.7 Å². The summed E-state index contributed by atoms with van der Waals surface area (Å²) in [4.78, 5) is 20.3. The van der Waals surface area contributed by atoms with Gasteiger partial charge >= 0.3 is 11.7 Å². The molecule has 8 heteroatoms. The molecule has 2 N–H and O–H groups in total. The molecule has 0 saturated carbocycles. The van der Waals surface area contributed by atoms with Crippen LogP contribution in [0.25, 0.3) is 0 Å². The quantitative estimate of drug-likeness (QED) is 0.413.